The first kappa shape index (κ1) is 11.7. The molecule has 0 aromatic carbocycles. The van der Waals surface area contributed by atoms with Crippen molar-refractivity contribution in [1.82, 2.24) is 4.98 Å². The lowest BCUT2D eigenvalue weighted by Crippen LogP contribution is -2.12. The van der Waals surface area contributed by atoms with Crippen LogP contribution in [0.3, 0.4) is 0 Å². The van der Waals surface area contributed by atoms with E-state index in [1.54, 1.807) is 0 Å². The maximum atomic E-state index is 12.7. The van der Waals surface area contributed by atoms with E-state index in [-0.39, 0.29) is 6.20 Å². The first-order valence-corrected chi connectivity index (χ1v) is 3.44. The van der Waals surface area contributed by atoms with Crippen LogP contribution in [0.1, 0.15) is 17.7 Å². The number of rotatable bonds is 1. The van der Waals surface area contributed by atoms with E-state index in [4.69, 9.17) is 0 Å². The highest BCUT2D eigenvalue weighted by Gasteiger charge is 2.37. The fraction of sp³-hybridized carbons (Fsp3) is 0.286. The molecule has 1 nitrogen and oxygen atoms in total. The Kier molecular flexibility index (Phi) is 2.87. The summed E-state index contributed by atoms with van der Waals surface area (Å²) in [6.45, 7) is 0. The van der Waals surface area contributed by atoms with Gasteiger partial charge in [0.25, 0.3) is 6.43 Å². The summed E-state index contributed by atoms with van der Waals surface area (Å²) in [7, 11) is 0. The molecule has 1 rings (SSSR count). The second-order valence-corrected chi connectivity index (χ2v) is 2.48. The number of aromatic nitrogens is 1. The molecule has 0 amide bonds. The summed E-state index contributed by atoms with van der Waals surface area (Å²) in [6.07, 6.45) is -8.81. The van der Waals surface area contributed by atoms with Crippen LogP contribution >= 0.6 is 0 Å². The third kappa shape index (κ3) is 2.18. The fourth-order valence-corrected chi connectivity index (χ4v) is 0.828. The third-order valence-electron chi connectivity index (χ3n) is 1.50. The molecular weight excluding hydrogens is 231 g/mol. The molecule has 1 aromatic rings. The highest BCUT2D eigenvalue weighted by atomic mass is 19.4. The molecule has 1 heterocycles. The summed E-state index contributed by atoms with van der Waals surface area (Å²) in [4.78, 5) is 2.52. The molecule has 0 aliphatic rings. The zero-order valence-corrected chi connectivity index (χ0v) is 6.75. The zero-order valence-electron chi connectivity index (χ0n) is 6.75. The number of halogens is 7. The molecule has 0 saturated carbocycles. The number of nitrogens with zero attached hydrogens (tertiary/aromatic N) is 1. The minimum absolute atomic E-state index is 0.167. The molecule has 84 valence electrons. The van der Waals surface area contributed by atoms with Crippen molar-refractivity contribution in [3.8, 4) is 0 Å². The molecule has 0 bridgehead atoms. The molecule has 0 N–H and O–H groups in total. The number of alkyl halides is 5. The van der Waals surface area contributed by atoms with Crippen molar-refractivity contribution in [2.75, 3.05) is 0 Å². The normalized spacial score (nSPS) is 12.3. The highest BCUT2D eigenvalue weighted by Crippen LogP contribution is 2.33. The second-order valence-electron chi connectivity index (χ2n) is 2.48. The van der Waals surface area contributed by atoms with E-state index < -0.39 is 35.5 Å². The Morgan fingerprint density at radius 1 is 1.07 bits per heavy atom. The van der Waals surface area contributed by atoms with E-state index in [2.05, 4.69) is 4.98 Å². The quantitative estimate of drug-likeness (QED) is 0.678. The van der Waals surface area contributed by atoms with Crippen molar-refractivity contribution in [2.45, 2.75) is 12.6 Å². The Morgan fingerprint density at radius 2 is 1.60 bits per heavy atom. The van der Waals surface area contributed by atoms with Gasteiger partial charge in [-0.3, -0.25) is 4.98 Å². The molecule has 0 atom stereocenters. The topological polar surface area (TPSA) is 12.9 Å². The number of hydrogen-bond donors (Lipinski definition) is 0. The maximum absolute atomic E-state index is 12.7. The average Bonchev–Trinajstić information content (AvgIpc) is 2.06. The van der Waals surface area contributed by atoms with Crippen molar-refractivity contribution in [2.24, 2.45) is 0 Å². The van der Waals surface area contributed by atoms with Crippen LogP contribution < -0.4 is 0 Å². The molecular formula is C7H2F7N. The van der Waals surface area contributed by atoms with Crippen molar-refractivity contribution in [3.05, 3.63) is 29.1 Å². The Balaban J connectivity index is 3.34. The summed E-state index contributed by atoms with van der Waals surface area (Å²) in [5.41, 5.74) is -3.65. The fourth-order valence-electron chi connectivity index (χ4n) is 0.828. The van der Waals surface area contributed by atoms with Crippen LogP contribution in [0.2, 0.25) is 0 Å². The third-order valence-corrected chi connectivity index (χ3v) is 1.50. The lowest BCUT2D eigenvalue weighted by molar-refractivity contribution is -0.140. The smallest absolute Gasteiger partial charge is 0.251 e. The molecule has 0 aliphatic heterocycles. The van der Waals surface area contributed by atoms with Crippen LogP contribution in [-0.2, 0) is 6.18 Å². The van der Waals surface area contributed by atoms with Gasteiger partial charge in [-0.05, 0) is 0 Å². The van der Waals surface area contributed by atoms with E-state index >= 15 is 0 Å². The molecule has 0 saturated heterocycles. The number of hydrogen-bond acceptors (Lipinski definition) is 1. The van der Waals surface area contributed by atoms with Crippen LogP contribution in [0, 0.1) is 11.6 Å². The lowest BCUT2D eigenvalue weighted by atomic mass is 10.2. The van der Waals surface area contributed by atoms with Gasteiger partial charge in [0, 0.05) is 6.20 Å². The van der Waals surface area contributed by atoms with Gasteiger partial charge in [0.1, 0.15) is 11.3 Å². The monoisotopic (exact) mass is 233 g/mol. The maximum Gasteiger partial charge on any atom is 0.420 e. The SMILES string of the molecule is Fc1c(C(F)(F)F)cnc(C(F)F)c1F. The Morgan fingerprint density at radius 3 is 2.00 bits per heavy atom. The van der Waals surface area contributed by atoms with Gasteiger partial charge in [-0.15, -0.1) is 0 Å². The molecule has 0 aliphatic carbocycles. The molecule has 0 fully saturated rings. The minimum Gasteiger partial charge on any atom is -0.251 e. The standard InChI is InChI=1S/C7H2F7N/c8-3-2(7(12,13)14)1-15-5(4(3)9)6(10)11/h1,6H. The van der Waals surface area contributed by atoms with Gasteiger partial charge in [-0.2, -0.15) is 13.2 Å². The van der Waals surface area contributed by atoms with Gasteiger partial charge in [0.2, 0.25) is 0 Å². The highest BCUT2D eigenvalue weighted by molar-refractivity contribution is 5.22. The Labute approximate surface area is 78.5 Å². The summed E-state index contributed by atoms with van der Waals surface area (Å²) in [5.74, 6) is -4.65. The van der Waals surface area contributed by atoms with E-state index in [9.17, 15) is 30.7 Å². The van der Waals surface area contributed by atoms with Crippen molar-refractivity contribution in [1.29, 1.82) is 0 Å². The molecule has 15 heavy (non-hydrogen) atoms. The summed E-state index contributed by atoms with van der Waals surface area (Å²) >= 11 is 0. The molecule has 1 aromatic heterocycles. The van der Waals surface area contributed by atoms with E-state index in [1.165, 1.54) is 0 Å². The largest absolute Gasteiger partial charge is 0.420 e. The average molecular weight is 233 g/mol. The van der Waals surface area contributed by atoms with Crippen LogP contribution in [0.5, 0.6) is 0 Å². The van der Waals surface area contributed by atoms with Crippen molar-refractivity contribution in [3.63, 3.8) is 0 Å². The number of pyridine rings is 1. The Bertz CT molecular complexity index is 370. The predicted octanol–water partition coefficient (Wildman–Crippen LogP) is 3.32. The van der Waals surface area contributed by atoms with Gasteiger partial charge in [-0.25, -0.2) is 17.6 Å². The van der Waals surface area contributed by atoms with Crippen LogP contribution in [-0.4, -0.2) is 4.98 Å². The van der Waals surface area contributed by atoms with E-state index in [0.717, 1.165) is 0 Å². The van der Waals surface area contributed by atoms with Crippen molar-refractivity contribution >= 4 is 0 Å². The lowest BCUT2D eigenvalue weighted by Gasteiger charge is -2.09. The van der Waals surface area contributed by atoms with Crippen molar-refractivity contribution < 1.29 is 30.7 Å². The van der Waals surface area contributed by atoms with Gasteiger partial charge >= 0.3 is 6.18 Å². The summed E-state index contributed by atoms with van der Waals surface area (Å²) in [5, 5.41) is 0. The van der Waals surface area contributed by atoms with Gasteiger partial charge < -0.3 is 0 Å². The van der Waals surface area contributed by atoms with E-state index in [0.29, 0.717) is 0 Å². The van der Waals surface area contributed by atoms with Crippen LogP contribution in [0.15, 0.2) is 6.20 Å². The zero-order chi connectivity index (χ0) is 11.8. The molecule has 0 unspecified atom stereocenters. The molecule has 0 radical (unpaired) electrons. The predicted molar refractivity (Wildman–Crippen MR) is 34.1 cm³/mol. The van der Waals surface area contributed by atoms with Gasteiger partial charge in [0.15, 0.2) is 11.6 Å². The first-order valence-electron chi connectivity index (χ1n) is 3.44. The Hall–Kier alpha value is -1.34. The molecule has 0 spiro atoms. The molecule has 8 heteroatoms. The van der Waals surface area contributed by atoms with Crippen LogP contribution in [0.25, 0.3) is 0 Å². The first-order chi connectivity index (χ1) is 6.75. The van der Waals surface area contributed by atoms with Crippen LogP contribution in [0.4, 0.5) is 30.7 Å². The van der Waals surface area contributed by atoms with E-state index in [1.807, 2.05) is 0 Å². The minimum atomic E-state index is -5.17. The van der Waals surface area contributed by atoms with Gasteiger partial charge in [-0.1, -0.05) is 0 Å². The summed E-state index contributed by atoms with van der Waals surface area (Å²) in [6, 6.07) is 0. The second kappa shape index (κ2) is 3.67. The van der Waals surface area contributed by atoms with Gasteiger partial charge in [0.05, 0.1) is 0 Å². The summed E-state index contributed by atoms with van der Waals surface area (Å²) < 4.78 is 84.8.